The fraction of sp³-hybridized carbons (Fsp3) is 0.233. The number of fused-ring (bicyclic) bond motifs is 1. The van der Waals surface area contributed by atoms with Crippen molar-refractivity contribution in [3.05, 3.63) is 95.3 Å². The number of carbonyl (C=O) groups excluding carboxylic acids is 2. The predicted octanol–water partition coefficient (Wildman–Crippen LogP) is 5.80. The van der Waals surface area contributed by atoms with Crippen LogP contribution < -0.4 is 19.5 Å². The molecule has 0 aliphatic carbocycles. The monoisotopic (exact) mass is 514 g/mol. The number of esters is 1. The highest BCUT2D eigenvalue weighted by Gasteiger charge is 2.16. The van der Waals surface area contributed by atoms with Crippen molar-refractivity contribution in [2.45, 2.75) is 39.2 Å². The molecule has 1 heterocycles. The molecule has 0 fully saturated rings. The third-order valence-corrected chi connectivity index (χ3v) is 6.13. The Morgan fingerprint density at radius 2 is 1.61 bits per heavy atom. The van der Waals surface area contributed by atoms with E-state index in [1.54, 1.807) is 36.4 Å². The van der Waals surface area contributed by atoms with Crippen LogP contribution in [0, 0.1) is 5.21 Å². The number of rotatable bonds is 10. The minimum absolute atomic E-state index is 0.0602. The topological polar surface area (TPSA) is 101 Å². The summed E-state index contributed by atoms with van der Waals surface area (Å²) in [6.07, 6.45) is 3.32. The minimum Gasteiger partial charge on any atom is -0.616 e. The Hall–Kier alpha value is -4.59. The molecule has 0 saturated heterocycles. The van der Waals surface area contributed by atoms with Gasteiger partial charge in [-0.25, -0.2) is 4.79 Å². The number of ether oxygens (including phenoxy) is 3. The van der Waals surface area contributed by atoms with Gasteiger partial charge in [-0.05, 0) is 66.1 Å². The molecule has 0 unspecified atom stereocenters. The SMILES string of the molecule is CCC(CC)Oc1ccc2cc(Oc3ccc(CC(=O)Nc4ccccc4C(=O)OC)c[n+]3[O-])ccc2c1. The maximum absolute atomic E-state index is 12.6. The quantitative estimate of drug-likeness (QED) is 0.163. The van der Waals surface area contributed by atoms with Crippen molar-refractivity contribution in [2.24, 2.45) is 0 Å². The van der Waals surface area contributed by atoms with Crippen LogP contribution in [0.25, 0.3) is 10.8 Å². The van der Waals surface area contributed by atoms with Gasteiger partial charge in [-0.2, -0.15) is 0 Å². The summed E-state index contributed by atoms with van der Waals surface area (Å²) >= 11 is 0. The molecule has 0 aliphatic rings. The predicted molar refractivity (Wildman–Crippen MR) is 145 cm³/mol. The minimum atomic E-state index is -0.552. The summed E-state index contributed by atoms with van der Waals surface area (Å²) in [6.45, 7) is 4.21. The van der Waals surface area contributed by atoms with E-state index >= 15 is 0 Å². The van der Waals surface area contributed by atoms with E-state index in [-0.39, 0.29) is 29.9 Å². The van der Waals surface area contributed by atoms with E-state index in [2.05, 4.69) is 19.2 Å². The molecule has 0 radical (unpaired) electrons. The van der Waals surface area contributed by atoms with Gasteiger partial charge < -0.3 is 24.7 Å². The summed E-state index contributed by atoms with van der Waals surface area (Å²) in [5.41, 5.74) is 1.07. The van der Waals surface area contributed by atoms with Gasteiger partial charge in [0, 0.05) is 5.56 Å². The van der Waals surface area contributed by atoms with Crippen molar-refractivity contribution >= 4 is 28.3 Å². The lowest BCUT2D eigenvalue weighted by atomic mass is 10.1. The summed E-state index contributed by atoms with van der Waals surface area (Å²) in [5, 5.41) is 17.3. The van der Waals surface area contributed by atoms with Crippen LogP contribution in [0.4, 0.5) is 5.69 Å². The molecular weight excluding hydrogens is 484 g/mol. The molecule has 8 nitrogen and oxygen atoms in total. The summed E-state index contributed by atoms with van der Waals surface area (Å²) in [5.74, 6) is 0.491. The van der Waals surface area contributed by atoms with Crippen LogP contribution in [0.1, 0.15) is 42.6 Å². The molecule has 4 rings (SSSR count). The van der Waals surface area contributed by atoms with Gasteiger partial charge in [-0.1, -0.05) is 38.1 Å². The first-order valence-corrected chi connectivity index (χ1v) is 12.5. The number of para-hydroxylation sites is 1. The Kier molecular flexibility index (Phi) is 8.43. The number of pyridine rings is 1. The fourth-order valence-corrected chi connectivity index (χ4v) is 4.06. The third-order valence-electron chi connectivity index (χ3n) is 6.13. The van der Waals surface area contributed by atoms with Crippen molar-refractivity contribution in [3.63, 3.8) is 0 Å². The van der Waals surface area contributed by atoms with Gasteiger partial charge in [0.1, 0.15) is 11.5 Å². The lowest BCUT2D eigenvalue weighted by Gasteiger charge is -2.16. The normalized spacial score (nSPS) is 10.8. The molecule has 4 aromatic rings. The molecule has 0 aliphatic heterocycles. The van der Waals surface area contributed by atoms with Crippen molar-refractivity contribution in [1.29, 1.82) is 0 Å². The van der Waals surface area contributed by atoms with Crippen LogP contribution in [-0.4, -0.2) is 25.1 Å². The van der Waals surface area contributed by atoms with Crippen LogP contribution in [0.5, 0.6) is 17.4 Å². The molecular formula is C30H30N2O6. The standard InChI is InChI=1S/C30H30N2O6/c1-4-23(5-2)37-24-13-11-22-18-25(14-12-21(22)17-24)38-29-15-10-20(19-32(29)35)16-28(33)31-27-9-7-6-8-26(27)30(34)36-3/h6-15,17-19,23H,4-5,16H2,1-3H3,(H,31,33). The van der Waals surface area contributed by atoms with Gasteiger partial charge in [0.25, 0.3) is 0 Å². The molecule has 0 spiro atoms. The number of nitrogens with one attached hydrogen (secondary N) is 1. The zero-order valence-electron chi connectivity index (χ0n) is 21.6. The van der Waals surface area contributed by atoms with Gasteiger partial charge in [0.15, 0.2) is 6.20 Å². The maximum Gasteiger partial charge on any atom is 0.384 e. The number of hydrogen-bond donors (Lipinski definition) is 1. The van der Waals surface area contributed by atoms with E-state index in [9.17, 15) is 14.8 Å². The second-order valence-electron chi connectivity index (χ2n) is 8.79. The summed E-state index contributed by atoms with van der Waals surface area (Å²) in [6, 6.07) is 21.2. The smallest absolute Gasteiger partial charge is 0.384 e. The fourth-order valence-electron chi connectivity index (χ4n) is 4.06. The van der Waals surface area contributed by atoms with Gasteiger partial charge in [-0.15, -0.1) is 4.73 Å². The van der Waals surface area contributed by atoms with E-state index in [1.165, 1.54) is 19.4 Å². The number of methoxy groups -OCH3 is 1. The largest absolute Gasteiger partial charge is 0.616 e. The molecule has 0 atom stereocenters. The highest BCUT2D eigenvalue weighted by atomic mass is 16.6. The number of benzene rings is 3. The molecule has 196 valence electrons. The van der Waals surface area contributed by atoms with E-state index < -0.39 is 5.97 Å². The molecule has 3 aromatic carbocycles. The van der Waals surface area contributed by atoms with E-state index in [0.717, 1.165) is 29.4 Å². The Bertz CT molecular complexity index is 1450. The van der Waals surface area contributed by atoms with Crippen molar-refractivity contribution in [3.8, 4) is 17.4 Å². The summed E-state index contributed by atoms with van der Waals surface area (Å²) in [7, 11) is 1.27. The van der Waals surface area contributed by atoms with Gasteiger partial charge in [0.05, 0.1) is 37.0 Å². The molecule has 0 bridgehead atoms. The molecule has 0 saturated carbocycles. The lowest BCUT2D eigenvalue weighted by molar-refractivity contribution is -0.611. The second-order valence-corrected chi connectivity index (χ2v) is 8.79. The van der Waals surface area contributed by atoms with Crippen LogP contribution in [0.2, 0.25) is 0 Å². The van der Waals surface area contributed by atoms with Crippen molar-refractivity contribution in [1.82, 2.24) is 0 Å². The van der Waals surface area contributed by atoms with Crippen LogP contribution in [0.3, 0.4) is 0 Å². The van der Waals surface area contributed by atoms with Gasteiger partial charge in [-0.3, -0.25) is 4.79 Å². The number of hydrogen-bond acceptors (Lipinski definition) is 6. The first-order chi connectivity index (χ1) is 18.4. The molecule has 1 amide bonds. The van der Waals surface area contributed by atoms with Crippen LogP contribution in [0.15, 0.2) is 79.0 Å². The van der Waals surface area contributed by atoms with Crippen LogP contribution >= 0.6 is 0 Å². The van der Waals surface area contributed by atoms with Gasteiger partial charge in [0.2, 0.25) is 5.91 Å². The number of carbonyl (C=O) groups is 2. The maximum atomic E-state index is 12.6. The van der Waals surface area contributed by atoms with Crippen LogP contribution in [-0.2, 0) is 16.0 Å². The Morgan fingerprint density at radius 1 is 0.921 bits per heavy atom. The molecule has 1 N–H and O–H groups in total. The van der Waals surface area contributed by atoms with E-state index in [4.69, 9.17) is 14.2 Å². The zero-order valence-corrected chi connectivity index (χ0v) is 21.6. The second kappa shape index (κ2) is 12.1. The van der Waals surface area contributed by atoms with Crippen molar-refractivity contribution < 1.29 is 28.5 Å². The highest BCUT2D eigenvalue weighted by molar-refractivity contribution is 6.01. The average molecular weight is 515 g/mol. The van der Waals surface area contributed by atoms with Gasteiger partial charge >= 0.3 is 11.8 Å². The molecule has 1 aromatic heterocycles. The number of amides is 1. The number of aromatic nitrogens is 1. The Labute approximate surface area is 221 Å². The number of anilines is 1. The highest BCUT2D eigenvalue weighted by Crippen LogP contribution is 2.28. The average Bonchev–Trinajstić information content (AvgIpc) is 2.93. The molecule has 38 heavy (non-hydrogen) atoms. The first-order valence-electron chi connectivity index (χ1n) is 12.5. The first kappa shape index (κ1) is 26.5. The summed E-state index contributed by atoms with van der Waals surface area (Å²) in [4.78, 5) is 24.5. The number of nitrogens with zero attached hydrogens (tertiary/aromatic N) is 1. The van der Waals surface area contributed by atoms with E-state index in [1.807, 2.05) is 30.3 Å². The Morgan fingerprint density at radius 3 is 2.29 bits per heavy atom. The lowest BCUT2D eigenvalue weighted by Crippen LogP contribution is -2.29. The third kappa shape index (κ3) is 6.39. The zero-order chi connectivity index (χ0) is 27.1. The summed E-state index contributed by atoms with van der Waals surface area (Å²) < 4.78 is 17.2. The van der Waals surface area contributed by atoms with Crippen molar-refractivity contribution in [2.75, 3.05) is 12.4 Å². The van der Waals surface area contributed by atoms with E-state index in [0.29, 0.717) is 21.7 Å². The molecule has 8 heteroatoms. The Balaban J connectivity index is 1.42.